The summed E-state index contributed by atoms with van der Waals surface area (Å²) < 4.78 is 5.62. The smallest absolute Gasteiger partial charge is 0.194 e. The molecule has 2 nitrogen and oxygen atoms in total. The number of methoxy groups -OCH3 is 1. The Morgan fingerprint density at radius 1 is 1.28 bits per heavy atom. The zero-order chi connectivity index (χ0) is 13.0. The Balaban J connectivity index is 2.27. The minimum Gasteiger partial charge on any atom is -0.370 e. The third kappa shape index (κ3) is 2.49. The van der Waals surface area contributed by atoms with E-state index >= 15 is 0 Å². The number of aryl methyl sites for hydroxylation is 1. The highest BCUT2D eigenvalue weighted by Crippen LogP contribution is 2.34. The molecule has 1 aliphatic carbocycles. The normalized spacial score (nSPS) is 18.6. The molecule has 1 fully saturated rings. The van der Waals surface area contributed by atoms with E-state index < -0.39 is 5.60 Å². The predicted octanol–water partition coefficient (Wildman–Crippen LogP) is 3.78. The molecule has 18 heavy (non-hydrogen) atoms. The maximum atomic E-state index is 12.7. The van der Waals surface area contributed by atoms with Gasteiger partial charge >= 0.3 is 0 Å². The lowest BCUT2D eigenvalue weighted by Gasteiger charge is -2.34. The van der Waals surface area contributed by atoms with Crippen LogP contribution in [0.5, 0.6) is 0 Å². The van der Waals surface area contributed by atoms with Crippen LogP contribution in [-0.4, -0.2) is 18.5 Å². The monoisotopic (exact) mass is 246 g/mol. The first-order valence-corrected chi connectivity index (χ1v) is 6.91. The third-order valence-corrected chi connectivity index (χ3v) is 4.06. The molecule has 0 heterocycles. The topological polar surface area (TPSA) is 26.3 Å². The summed E-state index contributed by atoms with van der Waals surface area (Å²) in [7, 11) is 1.67. The molecule has 0 spiro atoms. The summed E-state index contributed by atoms with van der Waals surface area (Å²) in [6.07, 6.45) is 6.08. The summed E-state index contributed by atoms with van der Waals surface area (Å²) in [5, 5.41) is 0. The number of carbonyl (C=O) groups is 1. The maximum Gasteiger partial charge on any atom is 0.194 e. The fourth-order valence-electron chi connectivity index (χ4n) is 2.84. The number of ketones is 1. The van der Waals surface area contributed by atoms with E-state index in [0.717, 1.165) is 37.7 Å². The van der Waals surface area contributed by atoms with E-state index in [-0.39, 0.29) is 5.78 Å². The van der Waals surface area contributed by atoms with Gasteiger partial charge in [-0.05, 0) is 30.9 Å². The van der Waals surface area contributed by atoms with Gasteiger partial charge in [0.1, 0.15) is 5.60 Å². The number of benzene rings is 1. The predicted molar refractivity (Wildman–Crippen MR) is 73.0 cm³/mol. The molecule has 1 aromatic carbocycles. The molecule has 0 N–H and O–H groups in total. The summed E-state index contributed by atoms with van der Waals surface area (Å²) in [5.74, 6) is 0.167. The Hall–Kier alpha value is -1.15. The van der Waals surface area contributed by atoms with Crippen molar-refractivity contribution in [3.05, 3.63) is 35.4 Å². The Bertz CT molecular complexity index is 417. The van der Waals surface area contributed by atoms with Crippen molar-refractivity contribution >= 4 is 5.78 Å². The van der Waals surface area contributed by atoms with E-state index in [1.54, 1.807) is 7.11 Å². The highest BCUT2D eigenvalue weighted by atomic mass is 16.5. The number of hydrogen-bond acceptors (Lipinski definition) is 2. The van der Waals surface area contributed by atoms with Crippen molar-refractivity contribution in [2.45, 2.75) is 51.0 Å². The van der Waals surface area contributed by atoms with Crippen molar-refractivity contribution in [3.63, 3.8) is 0 Å². The Morgan fingerprint density at radius 3 is 2.61 bits per heavy atom. The van der Waals surface area contributed by atoms with E-state index in [0.29, 0.717) is 0 Å². The van der Waals surface area contributed by atoms with Crippen molar-refractivity contribution in [1.82, 2.24) is 0 Å². The second kappa shape index (κ2) is 5.66. The minimum atomic E-state index is -0.565. The number of ether oxygens (including phenoxy) is 1. The van der Waals surface area contributed by atoms with Crippen LogP contribution in [-0.2, 0) is 11.2 Å². The van der Waals surface area contributed by atoms with Gasteiger partial charge in [0, 0.05) is 12.7 Å². The van der Waals surface area contributed by atoms with Gasteiger partial charge in [-0.25, -0.2) is 0 Å². The second-order valence-electron chi connectivity index (χ2n) is 5.14. The van der Waals surface area contributed by atoms with E-state index in [1.165, 1.54) is 12.0 Å². The van der Waals surface area contributed by atoms with Gasteiger partial charge in [0.2, 0.25) is 0 Å². The number of hydrogen-bond donors (Lipinski definition) is 0. The van der Waals surface area contributed by atoms with E-state index in [4.69, 9.17) is 4.74 Å². The van der Waals surface area contributed by atoms with Crippen LogP contribution in [0.4, 0.5) is 0 Å². The zero-order valence-corrected chi connectivity index (χ0v) is 11.4. The largest absolute Gasteiger partial charge is 0.370 e. The molecule has 0 saturated heterocycles. The van der Waals surface area contributed by atoms with Crippen molar-refractivity contribution in [3.8, 4) is 0 Å². The fourth-order valence-corrected chi connectivity index (χ4v) is 2.84. The Labute approximate surface area is 109 Å². The molecule has 0 unspecified atom stereocenters. The van der Waals surface area contributed by atoms with Gasteiger partial charge in [0.15, 0.2) is 5.78 Å². The fraction of sp³-hybridized carbons (Fsp3) is 0.562. The molecule has 1 saturated carbocycles. The summed E-state index contributed by atoms with van der Waals surface area (Å²) in [6.45, 7) is 2.11. The van der Waals surface area contributed by atoms with E-state index in [9.17, 15) is 4.79 Å². The average Bonchev–Trinajstić information content (AvgIpc) is 2.47. The van der Waals surface area contributed by atoms with Gasteiger partial charge in [-0.1, -0.05) is 44.4 Å². The molecule has 2 heteroatoms. The summed E-state index contributed by atoms with van der Waals surface area (Å²) >= 11 is 0. The first-order chi connectivity index (χ1) is 8.72. The summed E-state index contributed by atoms with van der Waals surface area (Å²) in [6, 6.07) is 7.96. The van der Waals surface area contributed by atoms with Crippen molar-refractivity contribution in [1.29, 1.82) is 0 Å². The van der Waals surface area contributed by atoms with E-state index in [1.807, 2.05) is 18.2 Å². The summed E-state index contributed by atoms with van der Waals surface area (Å²) in [5.41, 5.74) is 1.45. The number of carbonyl (C=O) groups excluding carboxylic acids is 1. The van der Waals surface area contributed by atoms with Crippen molar-refractivity contribution < 1.29 is 9.53 Å². The molecule has 1 aromatic rings. The molecule has 0 bridgehead atoms. The van der Waals surface area contributed by atoms with Gasteiger partial charge in [0.05, 0.1) is 0 Å². The SMILES string of the molecule is CCc1cccc(C(=O)C2(OC)CCCCC2)c1. The van der Waals surface area contributed by atoms with Crippen molar-refractivity contribution in [2.75, 3.05) is 7.11 Å². The molecule has 0 amide bonds. The van der Waals surface area contributed by atoms with Gasteiger partial charge < -0.3 is 4.74 Å². The Morgan fingerprint density at radius 2 is 2.00 bits per heavy atom. The maximum absolute atomic E-state index is 12.7. The van der Waals surface area contributed by atoms with Crippen LogP contribution in [0, 0.1) is 0 Å². The molecule has 0 atom stereocenters. The molecule has 98 valence electrons. The van der Waals surface area contributed by atoms with Crippen LogP contribution in [0.1, 0.15) is 54.9 Å². The number of rotatable bonds is 4. The van der Waals surface area contributed by atoms with Crippen molar-refractivity contribution in [2.24, 2.45) is 0 Å². The molecule has 1 aliphatic rings. The van der Waals surface area contributed by atoms with Gasteiger partial charge in [0.25, 0.3) is 0 Å². The molecule has 0 aliphatic heterocycles. The molecule has 0 aromatic heterocycles. The first-order valence-electron chi connectivity index (χ1n) is 6.91. The van der Waals surface area contributed by atoms with Crippen LogP contribution in [0.15, 0.2) is 24.3 Å². The van der Waals surface area contributed by atoms with Crippen LogP contribution in [0.3, 0.4) is 0 Å². The van der Waals surface area contributed by atoms with E-state index in [2.05, 4.69) is 13.0 Å². The van der Waals surface area contributed by atoms with Crippen LogP contribution >= 0.6 is 0 Å². The third-order valence-electron chi connectivity index (χ3n) is 4.06. The van der Waals surface area contributed by atoms with Gasteiger partial charge in [-0.3, -0.25) is 4.79 Å². The molecular formula is C16H22O2. The van der Waals surface area contributed by atoms with Crippen LogP contribution < -0.4 is 0 Å². The standard InChI is InChI=1S/C16H22O2/c1-3-13-8-7-9-14(12-13)15(17)16(18-2)10-5-4-6-11-16/h7-9,12H,3-6,10-11H2,1-2H3. The number of Topliss-reactive ketones (excluding diaryl/α,β-unsaturated/α-hetero) is 1. The van der Waals surface area contributed by atoms with Gasteiger partial charge in [-0.2, -0.15) is 0 Å². The van der Waals surface area contributed by atoms with Crippen LogP contribution in [0.2, 0.25) is 0 Å². The first kappa shape index (κ1) is 13.3. The highest BCUT2D eigenvalue weighted by molar-refractivity contribution is 6.02. The van der Waals surface area contributed by atoms with Gasteiger partial charge in [-0.15, -0.1) is 0 Å². The minimum absolute atomic E-state index is 0.167. The quantitative estimate of drug-likeness (QED) is 0.756. The lowest BCUT2D eigenvalue weighted by Crippen LogP contribution is -2.42. The highest BCUT2D eigenvalue weighted by Gasteiger charge is 2.39. The molecular weight excluding hydrogens is 224 g/mol. The molecule has 0 radical (unpaired) electrons. The zero-order valence-electron chi connectivity index (χ0n) is 11.4. The Kier molecular flexibility index (Phi) is 4.18. The lowest BCUT2D eigenvalue weighted by molar-refractivity contribution is -0.0194. The summed E-state index contributed by atoms with van der Waals surface area (Å²) in [4.78, 5) is 12.7. The average molecular weight is 246 g/mol. The van der Waals surface area contributed by atoms with Crippen LogP contribution in [0.25, 0.3) is 0 Å². The molecule has 2 rings (SSSR count). The second-order valence-corrected chi connectivity index (χ2v) is 5.14. The lowest BCUT2D eigenvalue weighted by atomic mass is 9.79.